The standard InChI is InChI=1S/C17H28N6O9S/c1-33-3-2-7(18)14(28)21-8(4-11(19)24)15(29)22-9(6-13(26)27)16(30)23-10(17(31)32)5-12(20)25/h7-10H,2-6,18H2,1H3,(H2,19,24)(H2,20,25)(H,21,28)(H,22,29)(H,23,30)(H,26,27)(H,31,32). The van der Waals surface area contributed by atoms with Crippen molar-refractivity contribution in [3.8, 4) is 0 Å². The number of carboxylic acids is 2. The summed E-state index contributed by atoms with van der Waals surface area (Å²) in [7, 11) is 0. The lowest BCUT2D eigenvalue weighted by Gasteiger charge is -2.24. The molecule has 16 heteroatoms. The molecule has 33 heavy (non-hydrogen) atoms. The topological polar surface area (TPSA) is 274 Å². The first-order valence-electron chi connectivity index (χ1n) is 9.45. The number of amides is 5. The van der Waals surface area contributed by atoms with E-state index in [1.165, 1.54) is 11.8 Å². The van der Waals surface area contributed by atoms with Gasteiger partial charge in [-0.15, -0.1) is 0 Å². The molecule has 0 aliphatic rings. The van der Waals surface area contributed by atoms with E-state index in [1.807, 2.05) is 10.6 Å². The van der Waals surface area contributed by atoms with Gasteiger partial charge in [-0.3, -0.25) is 28.8 Å². The Morgan fingerprint density at radius 3 is 1.61 bits per heavy atom. The van der Waals surface area contributed by atoms with Crippen LogP contribution in [0.3, 0.4) is 0 Å². The SMILES string of the molecule is CSCCC(N)C(=O)NC(CC(N)=O)C(=O)NC(CC(=O)O)C(=O)NC(CC(N)=O)C(=O)O. The minimum atomic E-state index is -1.82. The van der Waals surface area contributed by atoms with Gasteiger partial charge < -0.3 is 43.4 Å². The summed E-state index contributed by atoms with van der Waals surface area (Å²) in [6.45, 7) is 0. The first-order chi connectivity index (χ1) is 15.3. The Morgan fingerprint density at radius 1 is 0.758 bits per heavy atom. The van der Waals surface area contributed by atoms with Crippen molar-refractivity contribution in [2.75, 3.05) is 12.0 Å². The highest BCUT2D eigenvalue weighted by molar-refractivity contribution is 7.98. The monoisotopic (exact) mass is 492 g/mol. The number of hydrogen-bond donors (Lipinski definition) is 8. The highest BCUT2D eigenvalue weighted by Crippen LogP contribution is 2.03. The van der Waals surface area contributed by atoms with Crippen LogP contribution in [0.4, 0.5) is 0 Å². The summed E-state index contributed by atoms with van der Waals surface area (Å²) in [6, 6.07) is -6.19. The van der Waals surface area contributed by atoms with Crippen LogP contribution >= 0.6 is 11.8 Å². The van der Waals surface area contributed by atoms with Crippen molar-refractivity contribution in [2.24, 2.45) is 17.2 Å². The lowest BCUT2D eigenvalue weighted by molar-refractivity contribution is -0.145. The summed E-state index contributed by atoms with van der Waals surface area (Å²) in [5, 5.41) is 24.3. The van der Waals surface area contributed by atoms with Crippen LogP contribution in [0, 0.1) is 0 Å². The van der Waals surface area contributed by atoms with Crippen molar-refractivity contribution in [3.63, 3.8) is 0 Å². The second-order valence-electron chi connectivity index (χ2n) is 6.85. The molecule has 0 saturated carbocycles. The van der Waals surface area contributed by atoms with E-state index in [9.17, 15) is 33.6 Å². The number of thioether (sulfide) groups is 1. The van der Waals surface area contributed by atoms with Crippen LogP contribution in [0.5, 0.6) is 0 Å². The fourth-order valence-electron chi connectivity index (χ4n) is 2.39. The average molecular weight is 493 g/mol. The average Bonchev–Trinajstić information content (AvgIpc) is 2.68. The minimum absolute atomic E-state index is 0.262. The van der Waals surface area contributed by atoms with E-state index in [0.29, 0.717) is 5.75 Å². The Balaban J connectivity index is 5.52. The van der Waals surface area contributed by atoms with Gasteiger partial charge in [0, 0.05) is 0 Å². The predicted octanol–water partition coefficient (Wildman–Crippen LogP) is -4.17. The first kappa shape index (κ1) is 29.6. The minimum Gasteiger partial charge on any atom is -0.481 e. The van der Waals surface area contributed by atoms with E-state index in [1.54, 1.807) is 6.26 Å². The van der Waals surface area contributed by atoms with Gasteiger partial charge in [0.15, 0.2) is 0 Å². The van der Waals surface area contributed by atoms with Gasteiger partial charge in [-0.1, -0.05) is 0 Å². The quantitative estimate of drug-likeness (QED) is 0.102. The maximum Gasteiger partial charge on any atom is 0.326 e. The molecule has 0 aromatic carbocycles. The molecule has 0 fully saturated rings. The van der Waals surface area contributed by atoms with E-state index in [4.69, 9.17) is 27.4 Å². The third-order valence-electron chi connectivity index (χ3n) is 4.04. The zero-order chi connectivity index (χ0) is 25.7. The third-order valence-corrected chi connectivity index (χ3v) is 4.68. The Hall–Kier alpha value is -3.40. The fourth-order valence-corrected chi connectivity index (χ4v) is 2.88. The smallest absolute Gasteiger partial charge is 0.326 e. The van der Waals surface area contributed by atoms with Gasteiger partial charge in [-0.05, 0) is 18.4 Å². The molecule has 15 nitrogen and oxygen atoms in total. The van der Waals surface area contributed by atoms with Crippen LogP contribution in [-0.4, -0.2) is 87.9 Å². The van der Waals surface area contributed by atoms with Gasteiger partial charge in [0.1, 0.15) is 18.1 Å². The normalized spacial score (nSPS) is 14.1. The lowest BCUT2D eigenvalue weighted by Crippen LogP contribution is -2.58. The molecule has 0 saturated heterocycles. The Morgan fingerprint density at radius 2 is 1.18 bits per heavy atom. The van der Waals surface area contributed by atoms with E-state index in [-0.39, 0.29) is 6.42 Å². The van der Waals surface area contributed by atoms with E-state index < -0.39 is 84.9 Å². The summed E-state index contributed by atoms with van der Waals surface area (Å²) in [6.07, 6.45) is -0.403. The third kappa shape index (κ3) is 12.3. The Kier molecular flexibility index (Phi) is 13.1. The number of carbonyl (C=O) groups excluding carboxylic acids is 5. The summed E-state index contributed by atoms with van der Waals surface area (Å²) in [5.41, 5.74) is 15.7. The van der Waals surface area contributed by atoms with Crippen LogP contribution in [-0.2, 0) is 33.6 Å². The second kappa shape index (κ2) is 14.6. The lowest BCUT2D eigenvalue weighted by atomic mass is 10.1. The number of nitrogens with two attached hydrogens (primary N) is 3. The molecule has 0 aliphatic carbocycles. The van der Waals surface area contributed by atoms with Crippen LogP contribution in [0.2, 0.25) is 0 Å². The number of aliphatic carboxylic acids is 2. The van der Waals surface area contributed by atoms with E-state index >= 15 is 0 Å². The molecule has 4 atom stereocenters. The van der Waals surface area contributed by atoms with Gasteiger partial charge in [0.2, 0.25) is 29.5 Å². The fraction of sp³-hybridized carbons (Fsp3) is 0.588. The van der Waals surface area contributed by atoms with Crippen LogP contribution in [0.25, 0.3) is 0 Å². The van der Waals surface area contributed by atoms with Crippen molar-refractivity contribution in [1.29, 1.82) is 0 Å². The molecule has 0 aliphatic heterocycles. The predicted molar refractivity (Wildman–Crippen MR) is 114 cm³/mol. The molecule has 4 unspecified atom stereocenters. The number of primary amides is 2. The van der Waals surface area contributed by atoms with E-state index in [2.05, 4.69) is 5.32 Å². The zero-order valence-corrected chi connectivity index (χ0v) is 18.6. The van der Waals surface area contributed by atoms with Gasteiger partial charge in [-0.25, -0.2) is 4.79 Å². The van der Waals surface area contributed by atoms with Crippen molar-refractivity contribution in [2.45, 2.75) is 49.9 Å². The molecular formula is C17H28N6O9S. The highest BCUT2D eigenvalue weighted by atomic mass is 32.2. The summed E-state index contributed by atoms with van der Waals surface area (Å²) < 4.78 is 0. The maximum atomic E-state index is 12.6. The first-order valence-corrected chi connectivity index (χ1v) is 10.8. The van der Waals surface area contributed by atoms with Gasteiger partial charge >= 0.3 is 11.9 Å². The van der Waals surface area contributed by atoms with Crippen molar-refractivity contribution < 1.29 is 43.8 Å². The molecule has 5 amide bonds. The Bertz CT molecular complexity index is 778. The molecule has 186 valence electrons. The molecular weight excluding hydrogens is 464 g/mol. The summed E-state index contributed by atoms with van der Waals surface area (Å²) in [4.78, 5) is 81.8. The number of carbonyl (C=O) groups is 7. The number of rotatable bonds is 16. The second-order valence-corrected chi connectivity index (χ2v) is 7.83. The molecule has 11 N–H and O–H groups in total. The molecule has 0 heterocycles. The summed E-state index contributed by atoms with van der Waals surface area (Å²) >= 11 is 1.43. The van der Waals surface area contributed by atoms with Gasteiger partial charge in [0.25, 0.3) is 0 Å². The van der Waals surface area contributed by atoms with Crippen LogP contribution in [0.1, 0.15) is 25.7 Å². The zero-order valence-electron chi connectivity index (χ0n) is 17.7. The van der Waals surface area contributed by atoms with Crippen LogP contribution < -0.4 is 33.2 Å². The number of hydrogen-bond acceptors (Lipinski definition) is 9. The summed E-state index contributed by atoms with van der Waals surface area (Å²) in [5.74, 6) is -7.83. The molecule has 0 spiro atoms. The molecule has 0 radical (unpaired) electrons. The highest BCUT2D eigenvalue weighted by Gasteiger charge is 2.32. The Labute approximate surface area is 192 Å². The number of carboxylic acid groups (broad SMARTS) is 2. The van der Waals surface area contributed by atoms with Crippen LogP contribution in [0.15, 0.2) is 0 Å². The largest absolute Gasteiger partial charge is 0.481 e. The van der Waals surface area contributed by atoms with E-state index in [0.717, 1.165) is 0 Å². The maximum absolute atomic E-state index is 12.6. The number of nitrogens with one attached hydrogen (secondary N) is 3. The van der Waals surface area contributed by atoms with Crippen molar-refractivity contribution in [3.05, 3.63) is 0 Å². The molecule has 0 aromatic rings. The van der Waals surface area contributed by atoms with Crippen molar-refractivity contribution >= 4 is 53.2 Å². The molecule has 0 bridgehead atoms. The van der Waals surface area contributed by atoms with Gasteiger partial charge in [-0.2, -0.15) is 11.8 Å². The molecule has 0 rings (SSSR count). The van der Waals surface area contributed by atoms with Crippen molar-refractivity contribution in [1.82, 2.24) is 16.0 Å². The van der Waals surface area contributed by atoms with Gasteiger partial charge in [0.05, 0.1) is 25.3 Å². The molecule has 0 aromatic heterocycles.